The van der Waals surface area contributed by atoms with Crippen molar-refractivity contribution in [3.63, 3.8) is 0 Å². The van der Waals surface area contributed by atoms with E-state index >= 15 is 0 Å². The average molecular weight is 273 g/mol. The Bertz CT molecular complexity index is 542. The maximum absolute atomic E-state index is 12.1. The minimum Gasteiger partial charge on any atom is -0.308 e. The molecule has 2 rings (SSSR count). The van der Waals surface area contributed by atoms with Crippen molar-refractivity contribution in [2.75, 3.05) is 11.4 Å². The zero-order valence-corrected chi connectivity index (χ0v) is 13.6. The number of hydrogen-bond donors (Lipinski definition) is 0. The molecule has 1 aromatic carbocycles. The van der Waals surface area contributed by atoms with Crippen molar-refractivity contribution in [2.24, 2.45) is 0 Å². The topological polar surface area (TPSA) is 20.3 Å². The van der Waals surface area contributed by atoms with Gasteiger partial charge in [0.1, 0.15) is 0 Å². The number of rotatable bonds is 2. The van der Waals surface area contributed by atoms with E-state index in [1.165, 1.54) is 28.1 Å². The van der Waals surface area contributed by atoms with E-state index in [4.69, 9.17) is 0 Å². The van der Waals surface area contributed by atoms with Gasteiger partial charge in [0, 0.05) is 18.2 Å². The lowest BCUT2D eigenvalue weighted by atomic mass is 10.0. The Morgan fingerprint density at radius 1 is 1.42 bits per heavy atom. The highest BCUT2D eigenvalue weighted by Gasteiger charge is 2.34. The molecule has 0 aromatic heterocycles. The molecule has 0 spiro atoms. The van der Waals surface area contributed by atoms with Crippen molar-refractivity contribution in [1.29, 1.82) is 0 Å². The fourth-order valence-corrected chi connectivity index (χ4v) is 4.48. The van der Waals surface area contributed by atoms with E-state index in [9.17, 15) is 4.79 Å². The van der Waals surface area contributed by atoms with Gasteiger partial charge in [-0.3, -0.25) is 4.79 Å². The number of carbonyl (C=O) groups is 1. The normalized spacial score (nSPS) is 18.4. The Balaban J connectivity index is 2.69. The van der Waals surface area contributed by atoms with Gasteiger partial charge in [0.05, 0.1) is 8.07 Å². The van der Waals surface area contributed by atoms with E-state index in [1.807, 2.05) is 4.90 Å². The maximum atomic E-state index is 12.1. The molecule has 0 aliphatic carbocycles. The summed E-state index contributed by atoms with van der Waals surface area (Å²) in [5.74, 6) is 0.433. The molecular weight excluding hydrogens is 250 g/mol. The number of carbonyl (C=O) groups excluding carboxylic acids is 1. The van der Waals surface area contributed by atoms with Crippen LogP contribution in [0.15, 0.2) is 24.8 Å². The first-order valence-corrected chi connectivity index (χ1v) is 10.3. The molecule has 19 heavy (non-hydrogen) atoms. The fourth-order valence-electron chi connectivity index (χ4n) is 2.83. The third-order valence-electron chi connectivity index (χ3n) is 3.79. The zero-order chi connectivity index (χ0) is 14.4. The van der Waals surface area contributed by atoms with E-state index < -0.39 is 8.07 Å². The van der Waals surface area contributed by atoms with Gasteiger partial charge in [0.25, 0.3) is 0 Å². The highest BCUT2D eigenvalue weighted by Crippen LogP contribution is 2.36. The SMILES string of the molecule is C=CC(=O)N1CC(C)c2cc(C)cc([Si](C)(C)C)c21. The first-order chi connectivity index (χ1) is 8.75. The van der Waals surface area contributed by atoms with Crippen molar-refractivity contribution >= 4 is 24.9 Å². The lowest BCUT2D eigenvalue weighted by molar-refractivity contribution is -0.114. The summed E-state index contributed by atoms with van der Waals surface area (Å²) in [6, 6.07) is 4.51. The number of benzene rings is 1. The molecule has 0 fully saturated rings. The molecule has 1 unspecified atom stereocenters. The Morgan fingerprint density at radius 2 is 2.05 bits per heavy atom. The number of hydrogen-bond acceptors (Lipinski definition) is 1. The summed E-state index contributed by atoms with van der Waals surface area (Å²) < 4.78 is 0. The van der Waals surface area contributed by atoms with E-state index in [2.05, 4.69) is 52.2 Å². The third kappa shape index (κ3) is 2.39. The Labute approximate surface area is 117 Å². The van der Waals surface area contributed by atoms with Gasteiger partial charge < -0.3 is 4.90 Å². The first kappa shape index (κ1) is 14.1. The second-order valence-electron chi connectivity index (χ2n) is 6.55. The molecule has 0 saturated carbocycles. The van der Waals surface area contributed by atoms with E-state index in [1.54, 1.807) is 0 Å². The van der Waals surface area contributed by atoms with Gasteiger partial charge in [-0.2, -0.15) is 0 Å². The van der Waals surface area contributed by atoms with Gasteiger partial charge in [-0.15, -0.1) is 0 Å². The summed E-state index contributed by atoms with van der Waals surface area (Å²) in [6.45, 7) is 15.8. The molecule has 1 aromatic rings. The van der Waals surface area contributed by atoms with Crippen molar-refractivity contribution in [2.45, 2.75) is 39.4 Å². The zero-order valence-electron chi connectivity index (χ0n) is 12.6. The molecule has 1 amide bonds. The van der Waals surface area contributed by atoms with Crippen LogP contribution in [0.5, 0.6) is 0 Å². The smallest absolute Gasteiger partial charge is 0.250 e. The van der Waals surface area contributed by atoms with Gasteiger partial charge in [-0.25, -0.2) is 0 Å². The predicted molar refractivity (Wildman–Crippen MR) is 85.1 cm³/mol. The van der Waals surface area contributed by atoms with Crippen molar-refractivity contribution in [1.82, 2.24) is 0 Å². The van der Waals surface area contributed by atoms with Crippen LogP contribution in [0.1, 0.15) is 24.0 Å². The molecule has 2 nitrogen and oxygen atoms in total. The lowest BCUT2D eigenvalue weighted by Crippen LogP contribution is -2.43. The second-order valence-corrected chi connectivity index (χ2v) is 11.6. The molecule has 3 heteroatoms. The Hall–Kier alpha value is -1.35. The van der Waals surface area contributed by atoms with E-state index in [0.717, 1.165) is 6.54 Å². The lowest BCUT2D eigenvalue weighted by Gasteiger charge is -2.26. The highest BCUT2D eigenvalue weighted by atomic mass is 28.3. The Morgan fingerprint density at radius 3 is 2.58 bits per heavy atom. The molecule has 102 valence electrons. The quantitative estimate of drug-likeness (QED) is 0.598. The summed E-state index contributed by atoms with van der Waals surface area (Å²) in [4.78, 5) is 14.0. The van der Waals surface area contributed by atoms with Crippen LogP contribution in [-0.4, -0.2) is 20.5 Å². The average Bonchev–Trinajstić information content (AvgIpc) is 2.64. The molecule has 1 atom stereocenters. The number of aryl methyl sites for hydroxylation is 1. The maximum Gasteiger partial charge on any atom is 0.250 e. The van der Waals surface area contributed by atoms with Crippen molar-refractivity contribution in [3.8, 4) is 0 Å². The monoisotopic (exact) mass is 273 g/mol. The molecule has 1 heterocycles. The minimum absolute atomic E-state index is 0.0222. The minimum atomic E-state index is -1.48. The van der Waals surface area contributed by atoms with E-state index in [0.29, 0.717) is 5.92 Å². The van der Waals surface area contributed by atoms with Gasteiger partial charge in [-0.05, 0) is 23.7 Å². The largest absolute Gasteiger partial charge is 0.308 e. The van der Waals surface area contributed by atoms with Crippen LogP contribution in [0.3, 0.4) is 0 Å². The summed E-state index contributed by atoms with van der Waals surface area (Å²) in [5, 5.41) is 1.39. The van der Waals surface area contributed by atoms with Crippen LogP contribution in [0.25, 0.3) is 0 Å². The molecule has 0 N–H and O–H groups in total. The molecule has 1 aliphatic rings. The van der Waals surface area contributed by atoms with Crippen LogP contribution < -0.4 is 10.1 Å². The fraction of sp³-hybridized carbons (Fsp3) is 0.438. The van der Waals surface area contributed by atoms with Crippen LogP contribution >= 0.6 is 0 Å². The number of nitrogens with zero attached hydrogens (tertiary/aromatic N) is 1. The van der Waals surface area contributed by atoms with Crippen molar-refractivity contribution in [3.05, 3.63) is 35.9 Å². The number of amides is 1. The van der Waals surface area contributed by atoms with Crippen LogP contribution in [0, 0.1) is 6.92 Å². The summed E-state index contributed by atoms with van der Waals surface area (Å²) in [5.41, 5.74) is 3.80. The van der Waals surface area contributed by atoms with Crippen LogP contribution in [0.4, 0.5) is 5.69 Å². The standard InChI is InChI=1S/C16H23NOSi/c1-7-15(18)17-10-12(3)13-8-11(2)9-14(16(13)17)19(4,5)6/h7-9,12H,1,10H2,2-6H3. The highest BCUT2D eigenvalue weighted by molar-refractivity contribution is 6.90. The predicted octanol–water partition coefficient (Wildman–Crippen LogP) is 3.18. The molecule has 0 bridgehead atoms. The summed E-state index contributed by atoms with van der Waals surface area (Å²) >= 11 is 0. The molecule has 0 saturated heterocycles. The molecule has 0 radical (unpaired) electrons. The van der Waals surface area contributed by atoms with Gasteiger partial charge in [-0.1, -0.05) is 50.8 Å². The third-order valence-corrected chi connectivity index (χ3v) is 5.79. The van der Waals surface area contributed by atoms with Gasteiger partial charge >= 0.3 is 0 Å². The van der Waals surface area contributed by atoms with Crippen LogP contribution in [-0.2, 0) is 4.79 Å². The van der Waals surface area contributed by atoms with E-state index in [-0.39, 0.29) is 5.91 Å². The first-order valence-electron chi connectivity index (χ1n) is 6.84. The molecule has 1 aliphatic heterocycles. The Kier molecular flexibility index (Phi) is 3.43. The van der Waals surface area contributed by atoms with Gasteiger partial charge in [0.2, 0.25) is 5.91 Å². The number of fused-ring (bicyclic) bond motifs is 1. The second kappa shape index (κ2) is 4.64. The molecular formula is C16H23NOSi. The number of anilines is 1. The summed E-state index contributed by atoms with van der Waals surface area (Å²) in [7, 11) is -1.48. The van der Waals surface area contributed by atoms with Crippen LogP contribution in [0.2, 0.25) is 19.6 Å². The van der Waals surface area contributed by atoms with Crippen molar-refractivity contribution < 1.29 is 4.79 Å². The summed E-state index contributed by atoms with van der Waals surface area (Å²) in [6.07, 6.45) is 1.43. The van der Waals surface area contributed by atoms with Gasteiger partial charge in [0.15, 0.2) is 0 Å².